The molecule has 3 aromatic rings. The molecule has 0 bridgehead atoms. The maximum Gasteiger partial charge on any atom is 0.191 e. The topological polar surface area (TPSA) is 65.1 Å². The standard InChI is InChI=1S/C20H26FN5S.HI/c1-4-22-20(25-11-16-12-27-19(26-16)13(2)3)23-8-7-14-10-24-18-6-5-15(21)9-17(14)18;/h5-6,9-10,12-13,24H,4,7-8,11H2,1-3H3,(H2,22,23,25);1H. The smallest absolute Gasteiger partial charge is 0.191 e. The van der Waals surface area contributed by atoms with Crippen molar-refractivity contribution in [2.75, 3.05) is 13.1 Å². The van der Waals surface area contributed by atoms with Gasteiger partial charge in [-0.1, -0.05) is 13.8 Å². The van der Waals surface area contributed by atoms with E-state index in [1.165, 1.54) is 6.07 Å². The van der Waals surface area contributed by atoms with Gasteiger partial charge in [0.15, 0.2) is 5.96 Å². The Morgan fingerprint density at radius 2 is 2.14 bits per heavy atom. The highest BCUT2D eigenvalue weighted by Gasteiger charge is 2.07. The fourth-order valence-corrected chi connectivity index (χ4v) is 3.66. The lowest BCUT2D eigenvalue weighted by Gasteiger charge is -2.10. The summed E-state index contributed by atoms with van der Waals surface area (Å²) in [6, 6.07) is 4.82. The van der Waals surface area contributed by atoms with Crippen LogP contribution in [-0.4, -0.2) is 29.0 Å². The number of hydrogen-bond donors (Lipinski definition) is 3. The van der Waals surface area contributed by atoms with Gasteiger partial charge in [0.2, 0.25) is 0 Å². The summed E-state index contributed by atoms with van der Waals surface area (Å²) in [5, 5.41) is 10.7. The minimum Gasteiger partial charge on any atom is -0.361 e. The van der Waals surface area contributed by atoms with E-state index in [-0.39, 0.29) is 29.8 Å². The number of aromatic amines is 1. The van der Waals surface area contributed by atoms with Gasteiger partial charge < -0.3 is 15.6 Å². The van der Waals surface area contributed by atoms with E-state index >= 15 is 0 Å². The predicted octanol–water partition coefficient (Wildman–Crippen LogP) is 4.80. The highest BCUT2D eigenvalue weighted by Crippen LogP contribution is 2.20. The Morgan fingerprint density at radius 3 is 2.86 bits per heavy atom. The number of nitrogens with one attached hydrogen (secondary N) is 3. The van der Waals surface area contributed by atoms with Gasteiger partial charge >= 0.3 is 0 Å². The highest BCUT2D eigenvalue weighted by molar-refractivity contribution is 14.0. The van der Waals surface area contributed by atoms with Crippen molar-refractivity contribution in [1.29, 1.82) is 0 Å². The first-order chi connectivity index (χ1) is 13.1. The van der Waals surface area contributed by atoms with Gasteiger partial charge in [0, 0.05) is 41.5 Å². The third kappa shape index (κ3) is 5.91. The van der Waals surface area contributed by atoms with Gasteiger partial charge in [0.05, 0.1) is 17.2 Å². The number of rotatable bonds is 7. The molecule has 0 atom stereocenters. The Balaban J connectivity index is 0.00000280. The quantitative estimate of drug-likeness (QED) is 0.241. The molecule has 3 rings (SSSR count). The summed E-state index contributed by atoms with van der Waals surface area (Å²) in [5.74, 6) is 0.998. The van der Waals surface area contributed by atoms with Crippen LogP contribution in [0.5, 0.6) is 0 Å². The van der Waals surface area contributed by atoms with E-state index in [2.05, 4.69) is 44.8 Å². The molecule has 3 N–H and O–H groups in total. The van der Waals surface area contributed by atoms with Gasteiger partial charge in [0.25, 0.3) is 0 Å². The number of aromatic nitrogens is 2. The highest BCUT2D eigenvalue weighted by atomic mass is 127. The van der Waals surface area contributed by atoms with Crippen molar-refractivity contribution in [2.24, 2.45) is 4.99 Å². The minimum absolute atomic E-state index is 0. The summed E-state index contributed by atoms with van der Waals surface area (Å²) in [7, 11) is 0. The van der Waals surface area contributed by atoms with Gasteiger partial charge in [-0.2, -0.15) is 0 Å². The second kappa shape index (κ2) is 10.8. The third-order valence-corrected chi connectivity index (χ3v) is 5.42. The summed E-state index contributed by atoms with van der Waals surface area (Å²) in [5.41, 5.74) is 3.04. The van der Waals surface area contributed by atoms with E-state index in [0.717, 1.165) is 46.1 Å². The van der Waals surface area contributed by atoms with Crippen molar-refractivity contribution in [2.45, 2.75) is 39.7 Å². The lowest BCUT2D eigenvalue weighted by atomic mass is 10.1. The van der Waals surface area contributed by atoms with Crippen molar-refractivity contribution < 1.29 is 4.39 Å². The molecule has 0 fully saturated rings. The van der Waals surface area contributed by atoms with Crippen LogP contribution < -0.4 is 10.6 Å². The summed E-state index contributed by atoms with van der Waals surface area (Å²) < 4.78 is 13.5. The maximum absolute atomic E-state index is 13.5. The molecule has 0 spiro atoms. The van der Waals surface area contributed by atoms with Crippen molar-refractivity contribution in [1.82, 2.24) is 20.6 Å². The van der Waals surface area contributed by atoms with Crippen molar-refractivity contribution in [3.63, 3.8) is 0 Å². The largest absolute Gasteiger partial charge is 0.361 e. The zero-order valence-electron chi connectivity index (χ0n) is 16.4. The average Bonchev–Trinajstić information content (AvgIpc) is 3.27. The Hall–Kier alpha value is -1.68. The second-order valence-electron chi connectivity index (χ2n) is 6.71. The molecule has 28 heavy (non-hydrogen) atoms. The van der Waals surface area contributed by atoms with Crippen LogP contribution >= 0.6 is 35.3 Å². The van der Waals surface area contributed by atoms with Gasteiger partial charge in [-0.05, 0) is 37.1 Å². The Kier molecular flexibility index (Phi) is 8.68. The number of fused-ring (bicyclic) bond motifs is 1. The molecular formula is C20H27FIN5S. The molecule has 2 aromatic heterocycles. The van der Waals surface area contributed by atoms with Crippen LogP contribution in [0.3, 0.4) is 0 Å². The predicted molar refractivity (Wildman–Crippen MR) is 126 cm³/mol. The SMILES string of the molecule is CCNC(=NCc1csc(C(C)C)n1)NCCc1c[nH]c2ccc(F)cc12.I. The minimum atomic E-state index is -0.213. The molecule has 152 valence electrons. The molecule has 0 saturated carbocycles. The van der Waals surface area contributed by atoms with Gasteiger partial charge in [0.1, 0.15) is 5.82 Å². The zero-order chi connectivity index (χ0) is 19.2. The number of halogens is 2. The van der Waals surface area contributed by atoms with E-state index in [1.54, 1.807) is 23.5 Å². The first kappa shape index (κ1) is 22.6. The number of H-pyrrole nitrogens is 1. The van der Waals surface area contributed by atoms with Crippen LogP contribution in [0.15, 0.2) is 34.8 Å². The van der Waals surface area contributed by atoms with Crippen molar-refractivity contribution in [3.8, 4) is 0 Å². The molecule has 0 unspecified atom stereocenters. The van der Waals surface area contributed by atoms with Crippen LogP contribution in [0.25, 0.3) is 10.9 Å². The lowest BCUT2D eigenvalue weighted by Crippen LogP contribution is -2.38. The molecule has 8 heteroatoms. The third-order valence-electron chi connectivity index (χ3n) is 4.22. The van der Waals surface area contributed by atoms with Gasteiger partial charge in [-0.25, -0.2) is 14.4 Å². The van der Waals surface area contributed by atoms with Crippen molar-refractivity contribution in [3.05, 3.63) is 51.9 Å². The molecule has 0 radical (unpaired) electrons. The lowest BCUT2D eigenvalue weighted by molar-refractivity contribution is 0.629. The number of hydrogen-bond acceptors (Lipinski definition) is 3. The van der Waals surface area contributed by atoms with Crippen LogP contribution in [-0.2, 0) is 13.0 Å². The molecule has 0 aliphatic rings. The molecule has 0 saturated heterocycles. The van der Waals surface area contributed by atoms with Gasteiger partial charge in [-0.3, -0.25) is 0 Å². The van der Waals surface area contributed by atoms with E-state index in [0.29, 0.717) is 19.0 Å². The van der Waals surface area contributed by atoms with E-state index in [9.17, 15) is 4.39 Å². The summed E-state index contributed by atoms with van der Waals surface area (Å²) in [6.07, 6.45) is 2.72. The van der Waals surface area contributed by atoms with Gasteiger partial charge in [-0.15, -0.1) is 35.3 Å². The number of aliphatic imine (C=N–C) groups is 1. The number of benzene rings is 1. The average molecular weight is 515 g/mol. The summed E-state index contributed by atoms with van der Waals surface area (Å²) in [6.45, 7) is 8.39. The molecule has 2 heterocycles. The maximum atomic E-state index is 13.5. The van der Waals surface area contributed by atoms with Crippen molar-refractivity contribution >= 4 is 52.2 Å². The first-order valence-corrected chi connectivity index (χ1v) is 10.2. The van der Waals surface area contributed by atoms with E-state index in [4.69, 9.17) is 0 Å². The Labute approximate surface area is 186 Å². The fourth-order valence-electron chi connectivity index (χ4n) is 2.84. The Bertz CT molecular complexity index is 918. The second-order valence-corrected chi connectivity index (χ2v) is 7.60. The van der Waals surface area contributed by atoms with Crippen LogP contribution in [0.1, 0.15) is 43.0 Å². The fraction of sp³-hybridized carbons (Fsp3) is 0.400. The molecule has 1 aromatic carbocycles. The normalized spacial score (nSPS) is 11.7. The summed E-state index contributed by atoms with van der Waals surface area (Å²) >= 11 is 1.69. The molecule has 0 amide bonds. The molecule has 0 aliphatic heterocycles. The van der Waals surface area contributed by atoms with E-state index in [1.807, 2.05) is 13.1 Å². The molecule has 0 aliphatic carbocycles. The molecule has 5 nitrogen and oxygen atoms in total. The van der Waals surface area contributed by atoms with Crippen LogP contribution in [0, 0.1) is 5.82 Å². The van der Waals surface area contributed by atoms with Crippen LogP contribution in [0.2, 0.25) is 0 Å². The molecular weight excluding hydrogens is 488 g/mol. The monoisotopic (exact) mass is 515 g/mol. The van der Waals surface area contributed by atoms with E-state index < -0.39 is 0 Å². The zero-order valence-corrected chi connectivity index (χ0v) is 19.5. The number of nitrogens with zero attached hydrogens (tertiary/aromatic N) is 2. The number of thiazole rings is 1. The number of guanidine groups is 1. The first-order valence-electron chi connectivity index (χ1n) is 9.28. The summed E-state index contributed by atoms with van der Waals surface area (Å²) in [4.78, 5) is 12.4. The Morgan fingerprint density at radius 1 is 1.32 bits per heavy atom. The van der Waals surface area contributed by atoms with Crippen LogP contribution in [0.4, 0.5) is 4.39 Å².